The van der Waals surface area contributed by atoms with E-state index in [-0.39, 0.29) is 16.5 Å². The van der Waals surface area contributed by atoms with Crippen LogP contribution in [-0.2, 0) is 10.0 Å². The molecule has 1 aromatic carbocycles. The van der Waals surface area contributed by atoms with Crippen molar-refractivity contribution >= 4 is 21.6 Å². The van der Waals surface area contributed by atoms with E-state index in [1.165, 1.54) is 22.5 Å². The van der Waals surface area contributed by atoms with Gasteiger partial charge in [-0.1, -0.05) is 18.5 Å². The van der Waals surface area contributed by atoms with Crippen LogP contribution < -0.4 is 5.32 Å². The van der Waals surface area contributed by atoms with E-state index in [2.05, 4.69) is 5.32 Å². The molecular weight excluding hydrogens is 310 g/mol. The van der Waals surface area contributed by atoms with Crippen molar-refractivity contribution in [1.82, 2.24) is 9.62 Å². The number of sulfonamides is 1. The predicted octanol–water partition coefficient (Wildman–Crippen LogP) is 1.97. The average Bonchev–Trinajstić information content (AvgIpc) is 2.49. The smallest absolute Gasteiger partial charge is 0.244 e. The molecule has 0 unspecified atom stereocenters. The number of nitrogens with one attached hydrogen (secondary N) is 1. The van der Waals surface area contributed by atoms with Crippen LogP contribution in [0.3, 0.4) is 0 Å². The highest BCUT2D eigenvalue weighted by molar-refractivity contribution is 7.89. The molecule has 0 aromatic heterocycles. The van der Waals surface area contributed by atoms with E-state index < -0.39 is 10.0 Å². The second kappa shape index (κ2) is 6.75. The Kier molecular flexibility index (Phi) is 5.22. The zero-order valence-corrected chi connectivity index (χ0v) is 13.4. The molecule has 114 valence electrons. The number of hydrogen-bond donors (Lipinski definition) is 1. The van der Waals surface area contributed by atoms with Crippen molar-refractivity contribution in [3.63, 3.8) is 0 Å². The molecule has 21 heavy (non-hydrogen) atoms. The van der Waals surface area contributed by atoms with Gasteiger partial charge in [0.2, 0.25) is 10.0 Å². The van der Waals surface area contributed by atoms with E-state index in [1.54, 1.807) is 0 Å². The highest BCUT2D eigenvalue weighted by atomic mass is 35.5. The summed E-state index contributed by atoms with van der Waals surface area (Å²) >= 11 is 5.91. The zero-order chi connectivity index (χ0) is 15.5. The highest BCUT2D eigenvalue weighted by Gasteiger charge is 2.32. The molecule has 0 aliphatic carbocycles. The van der Waals surface area contributed by atoms with E-state index in [1.807, 2.05) is 13.0 Å². The van der Waals surface area contributed by atoms with Gasteiger partial charge in [-0.15, -0.1) is 0 Å². The van der Waals surface area contributed by atoms with E-state index in [0.717, 1.165) is 25.9 Å². The van der Waals surface area contributed by atoms with Gasteiger partial charge in [-0.3, -0.25) is 0 Å². The SMILES string of the molecule is CCN(C1CCNCC1)S(=O)(=O)c1cc(Cl)ccc1C#N. The van der Waals surface area contributed by atoms with Gasteiger partial charge in [0.05, 0.1) is 5.56 Å². The first-order chi connectivity index (χ1) is 10.0. The van der Waals surface area contributed by atoms with Crippen molar-refractivity contribution in [1.29, 1.82) is 5.26 Å². The Labute approximate surface area is 130 Å². The molecule has 5 nitrogen and oxygen atoms in total. The quantitative estimate of drug-likeness (QED) is 0.917. The number of benzene rings is 1. The molecule has 1 aliphatic rings. The lowest BCUT2D eigenvalue weighted by molar-refractivity contribution is 0.270. The standard InChI is InChI=1S/C14H18ClN3O2S/c1-2-18(13-5-7-17-8-6-13)21(19,20)14-9-12(15)4-3-11(14)10-16/h3-4,9,13,17H,2,5-8H2,1H3. The molecule has 0 atom stereocenters. The lowest BCUT2D eigenvalue weighted by Crippen LogP contribution is -2.46. The highest BCUT2D eigenvalue weighted by Crippen LogP contribution is 2.27. The third-order valence-electron chi connectivity index (χ3n) is 3.68. The Morgan fingerprint density at radius 2 is 2.10 bits per heavy atom. The molecule has 1 aromatic rings. The minimum atomic E-state index is -3.72. The Hall–Kier alpha value is -1.13. The molecule has 1 N–H and O–H groups in total. The maximum Gasteiger partial charge on any atom is 0.244 e. The number of hydrogen-bond acceptors (Lipinski definition) is 4. The van der Waals surface area contributed by atoms with Gasteiger partial charge in [-0.05, 0) is 44.1 Å². The summed E-state index contributed by atoms with van der Waals surface area (Å²) < 4.78 is 27.3. The molecule has 0 saturated carbocycles. The third kappa shape index (κ3) is 3.38. The van der Waals surface area contributed by atoms with Crippen molar-refractivity contribution in [3.8, 4) is 6.07 Å². The topological polar surface area (TPSA) is 73.2 Å². The van der Waals surface area contributed by atoms with Crippen LogP contribution in [0.2, 0.25) is 5.02 Å². The van der Waals surface area contributed by atoms with Crippen molar-refractivity contribution in [2.24, 2.45) is 0 Å². The average molecular weight is 328 g/mol. The Morgan fingerprint density at radius 1 is 1.43 bits per heavy atom. The van der Waals surface area contributed by atoms with Gasteiger partial charge in [0, 0.05) is 17.6 Å². The maximum atomic E-state index is 12.9. The number of piperidine rings is 1. The summed E-state index contributed by atoms with van der Waals surface area (Å²) in [7, 11) is -3.72. The van der Waals surface area contributed by atoms with Crippen LogP contribution in [0, 0.1) is 11.3 Å². The van der Waals surface area contributed by atoms with Crippen LogP contribution in [0.5, 0.6) is 0 Å². The number of nitrogens with zero attached hydrogens (tertiary/aromatic N) is 2. The van der Waals surface area contributed by atoms with Gasteiger partial charge >= 0.3 is 0 Å². The summed E-state index contributed by atoms with van der Waals surface area (Å²) in [5.41, 5.74) is 0.131. The molecule has 1 fully saturated rings. The van der Waals surface area contributed by atoms with Gasteiger partial charge in [0.1, 0.15) is 11.0 Å². The second-order valence-corrected chi connectivity index (χ2v) is 7.24. The van der Waals surface area contributed by atoms with Gasteiger partial charge in [0.15, 0.2) is 0 Å². The van der Waals surface area contributed by atoms with Crippen LogP contribution in [0.1, 0.15) is 25.3 Å². The first kappa shape index (κ1) is 16.2. The van der Waals surface area contributed by atoms with Crippen LogP contribution in [0.15, 0.2) is 23.1 Å². The van der Waals surface area contributed by atoms with Gasteiger partial charge in [-0.25, -0.2) is 8.42 Å². The first-order valence-electron chi connectivity index (χ1n) is 6.93. The number of rotatable bonds is 4. The fourth-order valence-electron chi connectivity index (χ4n) is 2.65. The van der Waals surface area contributed by atoms with E-state index in [0.29, 0.717) is 11.6 Å². The fourth-order valence-corrected chi connectivity index (χ4v) is 4.75. The van der Waals surface area contributed by atoms with Crippen LogP contribution in [-0.4, -0.2) is 38.4 Å². The summed E-state index contributed by atoms with van der Waals surface area (Å²) in [5.74, 6) is 0. The minimum Gasteiger partial charge on any atom is -0.317 e. The van der Waals surface area contributed by atoms with Gasteiger partial charge < -0.3 is 5.32 Å². The zero-order valence-electron chi connectivity index (χ0n) is 11.8. The van der Waals surface area contributed by atoms with Crippen molar-refractivity contribution in [2.45, 2.75) is 30.7 Å². The van der Waals surface area contributed by atoms with Crippen molar-refractivity contribution in [3.05, 3.63) is 28.8 Å². The molecule has 7 heteroatoms. The first-order valence-corrected chi connectivity index (χ1v) is 8.74. The number of halogens is 1. The van der Waals surface area contributed by atoms with E-state index in [4.69, 9.17) is 16.9 Å². The molecule has 1 aliphatic heterocycles. The summed E-state index contributed by atoms with van der Waals surface area (Å²) in [4.78, 5) is -0.00196. The Balaban J connectivity index is 2.44. The molecular formula is C14H18ClN3O2S. The molecule has 2 rings (SSSR count). The van der Waals surface area contributed by atoms with Gasteiger partial charge in [0.25, 0.3) is 0 Å². The van der Waals surface area contributed by atoms with E-state index >= 15 is 0 Å². The predicted molar refractivity (Wildman–Crippen MR) is 81.6 cm³/mol. The molecule has 0 bridgehead atoms. The summed E-state index contributed by atoms with van der Waals surface area (Å²) in [6.45, 7) is 3.80. The van der Waals surface area contributed by atoms with Crippen molar-refractivity contribution in [2.75, 3.05) is 19.6 Å². The largest absolute Gasteiger partial charge is 0.317 e. The lowest BCUT2D eigenvalue weighted by Gasteiger charge is -2.33. The molecule has 0 amide bonds. The van der Waals surface area contributed by atoms with E-state index in [9.17, 15) is 8.42 Å². The maximum absolute atomic E-state index is 12.9. The molecule has 0 spiro atoms. The summed E-state index contributed by atoms with van der Waals surface area (Å²) in [6, 6.07) is 6.24. The minimum absolute atomic E-state index is 0.00196. The normalized spacial score (nSPS) is 16.9. The summed E-state index contributed by atoms with van der Waals surface area (Å²) in [6.07, 6.45) is 1.55. The number of nitriles is 1. The molecule has 1 saturated heterocycles. The van der Waals surface area contributed by atoms with Crippen LogP contribution >= 0.6 is 11.6 Å². The Morgan fingerprint density at radius 3 is 2.67 bits per heavy atom. The second-order valence-electron chi connectivity index (χ2n) is 4.94. The van der Waals surface area contributed by atoms with Gasteiger partial charge in [-0.2, -0.15) is 9.57 Å². The third-order valence-corrected chi connectivity index (χ3v) is 5.98. The fraction of sp³-hybridized carbons (Fsp3) is 0.500. The Bertz CT molecular complexity index is 649. The van der Waals surface area contributed by atoms with Crippen LogP contribution in [0.4, 0.5) is 0 Å². The summed E-state index contributed by atoms with van der Waals surface area (Å²) in [5, 5.41) is 12.7. The lowest BCUT2D eigenvalue weighted by atomic mass is 10.1. The molecule has 0 radical (unpaired) electrons. The van der Waals surface area contributed by atoms with Crippen LogP contribution in [0.25, 0.3) is 0 Å². The monoisotopic (exact) mass is 327 g/mol. The van der Waals surface area contributed by atoms with Crippen molar-refractivity contribution < 1.29 is 8.42 Å². The molecule has 1 heterocycles.